The Bertz CT molecular complexity index is 1080. The van der Waals surface area contributed by atoms with Crippen molar-refractivity contribution in [2.75, 3.05) is 0 Å². The first-order valence-corrected chi connectivity index (χ1v) is 8.41. The molecule has 1 aliphatic rings. The molecule has 2 aromatic carbocycles. The normalized spacial score (nSPS) is 11.6. The van der Waals surface area contributed by atoms with Crippen LogP contribution in [0, 0.1) is 4.77 Å². The molecular weight excluding hydrogens is 348 g/mol. The van der Waals surface area contributed by atoms with Crippen LogP contribution in [-0.4, -0.2) is 21.6 Å². The van der Waals surface area contributed by atoms with Gasteiger partial charge in [-0.2, -0.15) is 5.10 Å². The second-order valence-electron chi connectivity index (χ2n) is 5.88. The van der Waals surface area contributed by atoms with Crippen molar-refractivity contribution in [1.82, 2.24) is 15.4 Å². The Morgan fingerprint density at radius 3 is 2.12 bits per heavy atom. The maximum absolute atomic E-state index is 12.2. The summed E-state index contributed by atoms with van der Waals surface area (Å²) in [4.78, 5) is 28.9. The van der Waals surface area contributed by atoms with Gasteiger partial charge in [-0.3, -0.25) is 14.6 Å². The van der Waals surface area contributed by atoms with Crippen molar-refractivity contribution in [2.45, 2.75) is 6.42 Å². The van der Waals surface area contributed by atoms with E-state index in [9.17, 15) is 9.59 Å². The molecule has 1 heterocycles. The van der Waals surface area contributed by atoms with Crippen LogP contribution in [0.1, 0.15) is 16.8 Å². The highest BCUT2D eigenvalue weighted by molar-refractivity contribution is 7.71. The van der Waals surface area contributed by atoms with E-state index in [1.165, 1.54) is 6.07 Å². The Labute approximate surface area is 153 Å². The third-order valence-electron chi connectivity index (χ3n) is 4.11. The number of hydrogen-bond acceptors (Lipinski definition) is 4. The van der Waals surface area contributed by atoms with Crippen LogP contribution in [0.3, 0.4) is 0 Å². The third kappa shape index (κ3) is 3.00. The van der Waals surface area contributed by atoms with Gasteiger partial charge < -0.3 is 4.98 Å². The van der Waals surface area contributed by atoms with E-state index in [1.54, 1.807) is 0 Å². The summed E-state index contributed by atoms with van der Waals surface area (Å²) < 4.78 is 0.185. The number of carbonyl (C=O) groups excluding carboxylic acids is 1. The lowest BCUT2D eigenvalue weighted by molar-refractivity contribution is -0.120. The van der Waals surface area contributed by atoms with Gasteiger partial charge in [-0.05, 0) is 23.3 Å². The maximum atomic E-state index is 12.2. The molecule has 1 aromatic heterocycles. The molecule has 7 heteroatoms. The summed E-state index contributed by atoms with van der Waals surface area (Å²) in [5.74, 6) is -0.337. The number of nitrogens with zero attached hydrogens (tertiary/aromatic N) is 1. The number of amides is 1. The zero-order valence-corrected chi connectivity index (χ0v) is 14.4. The molecule has 1 aliphatic carbocycles. The van der Waals surface area contributed by atoms with Gasteiger partial charge in [0.2, 0.25) is 5.91 Å². The van der Waals surface area contributed by atoms with Crippen LogP contribution in [0.2, 0.25) is 0 Å². The van der Waals surface area contributed by atoms with Crippen molar-refractivity contribution >= 4 is 23.8 Å². The average molecular weight is 362 g/mol. The third-order valence-corrected chi connectivity index (χ3v) is 4.32. The lowest BCUT2D eigenvalue weighted by Crippen LogP contribution is -2.23. The molecule has 0 atom stereocenters. The average Bonchev–Trinajstić information content (AvgIpc) is 2.93. The van der Waals surface area contributed by atoms with Crippen LogP contribution in [-0.2, 0) is 11.2 Å². The molecule has 0 aliphatic heterocycles. The fourth-order valence-electron chi connectivity index (χ4n) is 3.06. The van der Waals surface area contributed by atoms with Gasteiger partial charge in [0.25, 0.3) is 5.56 Å². The Morgan fingerprint density at radius 1 is 0.962 bits per heavy atom. The number of nitrogens with one attached hydrogen (secondary N) is 3. The zero-order valence-electron chi connectivity index (χ0n) is 13.6. The molecule has 0 spiro atoms. The van der Waals surface area contributed by atoms with E-state index in [0.717, 1.165) is 28.0 Å². The largest absolute Gasteiger partial charge is 0.335 e. The minimum absolute atomic E-state index is 0.0202. The van der Waals surface area contributed by atoms with E-state index in [4.69, 9.17) is 12.2 Å². The van der Waals surface area contributed by atoms with Crippen LogP contribution in [0.4, 0.5) is 0 Å². The first kappa shape index (κ1) is 16.2. The first-order chi connectivity index (χ1) is 12.6. The Hall–Kier alpha value is -3.32. The number of carbonyl (C=O) groups is 1. The van der Waals surface area contributed by atoms with Gasteiger partial charge in [0, 0.05) is 22.9 Å². The first-order valence-electron chi connectivity index (χ1n) is 8.00. The lowest BCUT2D eigenvalue weighted by atomic mass is 10.1. The summed E-state index contributed by atoms with van der Waals surface area (Å²) in [7, 11) is 0. The van der Waals surface area contributed by atoms with E-state index >= 15 is 0 Å². The van der Waals surface area contributed by atoms with E-state index in [0.29, 0.717) is 5.69 Å². The number of hydrogen-bond donors (Lipinski definition) is 3. The molecular formula is C19H14N4O2S. The van der Waals surface area contributed by atoms with E-state index in [2.05, 4.69) is 20.5 Å². The zero-order chi connectivity index (χ0) is 18.1. The minimum atomic E-state index is -0.346. The summed E-state index contributed by atoms with van der Waals surface area (Å²) in [6, 6.07) is 17.2. The highest BCUT2D eigenvalue weighted by Gasteiger charge is 2.24. The molecule has 3 aromatic rings. The van der Waals surface area contributed by atoms with Crippen LogP contribution in [0.15, 0.2) is 64.5 Å². The van der Waals surface area contributed by atoms with Crippen molar-refractivity contribution in [3.05, 3.63) is 86.5 Å². The predicted molar refractivity (Wildman–Crippen MR) is 102 cm³/mol. The molecule has 0 unspecified atom stereocenters. The monoisotopic (exact) mass is 362 g/mol. The minimum Gasteiger partial charge on any atom is -0.335 e. The quantitative estimate of drug-likeness (QED) is 0.386. The van der Waals surface area contributed by atoms with Crippen molar-refractivity contribution in [1.29, 1.82) is 0 Å². The van der Waals surface area contributed by atoms with Gasteiger partial charge in [-0.25, -0.2) is 5.43 Å². The van der Waals surface area contributed by atoms with E-state index in [-0.39, 0.29) is 22.7 Å². The summed E-state index contributed by atoms with van der Waals surface area (Å²) in [6.07, 6.45) is -0.0202. The van der Waals surface area contributed by atoms with Gasteiger partial charge in [-0.15, -0.1) is 0 Å². The fourth-order valence-corrected chi connectivity index (χ4v) is 3.29. The highest BCUT2D eigenvalue weighted by Crippen LogP contribution is 2.36. The second-order valence-corrected chi connectivity index (χ2v) is 6.28. The number of fused-ring (bicyclic) bond motifs is 3. The lowest BCUT2D eigenvalue weighted by Gasteiger charge is -2.04. The fraction of sp³-hybridized carbons (Fsp3) is 0.0526. The molecule has 128 valence electrons. The van der Waals surface area contributed by atoms with Gasteiger partial charge in [0.1, 0.15) is 0 Å². The molecule has 4 rings (SSSR count). The number of hydrazone groups is 1. The van der Waals surface area contributed by atoms with Gasteiger partial charge in [0.15, 0.2) is 4.77 Å². The number of aromatic nitrogens is 2. The van der Waals surface area contributed by atoms with Crippen LogP contribution in [0.25, 0.3) is 11.1 Å². The maximum Gasteiger partial charge on any atom is 0.251 e. The molecule has 0 saturated heterocycles. The molecule has 26 heavy (non-hydrogen) atoms. The number of H-pyrrole nitrogens is 2. The van der Waals surface area contributed by atoms with Crippen molar-refractivity contribution < 1.29 is 4.79 Å². The highest BCUT2D eigenvalue weighted by atomic mass is 32.1. The Balaban J connectivity index is 1.61. The van der Waals surface area contributed by atoms with Crippen molar-refractivity contribution in [3.8, 4) is 11.1 Å². The summed E-state index contributed by atoms with van der Waals surface area (Å²) in [5, 5.41) is 4.34. The molecule has 6 nitrogen and oxygen atoms in total. The molecule has 0 fully saturated rings. The molecule has 0 radical (unpaired) electrons. The molecule has 1 amide bonds. The smallest absolute Gasteiger partial charge is 0.251 e. The number of aromatic amines is 2. The van der Waals surface area contributed by atoms with Crippen molar-refractivity contribution in [3.63, 3.8) is 0 Å². The summed E-state index contributed by atoms with van der Waals surface area (Å²) in [5.41, 5.74) is 7.53. The van der Waals surface area contributed by atoms with Gasteiger partial charge >= 0.3 is 0 Å². The van der Waals surface area contributed by atoms with E-state index in [1.807, 2.05) is 48.5 Å². The standard InChI is InChI=1S/C19H14N4O2S/c24-16-9-11(20-19(26)21-16)10-17(25)22-23-18-14-7-3-1-5-12(14)13-6-2-4-8-15(13)18/h1-9H,10H2,(H,22,25)(H2,20,21,24,26). The summed E-state index contributed by atoms with van der Waals surface area (Å²) >= 11 is 4.91. The predicted octanol–water partition coefficient (Wildman–Crippen LogP) is 2.52. The number of benzene rings is 2. The van der Waals surface area contributed by atoms with Crippen LogP contribution < -0.4 is 11.0 Å². The molecule has 3 N–H and O–H groups in total. The topological polar surface area (TPSA) is 90.1 Å². The number of rotatable bonds is 3. The van der Waals surface area contributed by atoms with Crippen LogP contribution >= 0.6 is 12.2 Å². The second kappa shape index (κ2) is 6.53. The van der Waals surface area contributed by atoms with Gasteiger partial charge in [0.05, 0.1) is 12.1 Å². The van der Waals surface area contributed by atoms with Gasteiger partial charge in [-0.1, -0.05) is 48.5 Å². The summed E-state index contributed by atoms with van der Waals surface area (Å²) in [6.45, 7) is 0. The van der Waals surface area contributed by atoms with E-state index < -0.39 is 0 Å². The molecule has 0 bridgehead atoms. The Morgan fingerprint density at radius 2 is 1.54 bits per heavy atom. The molecule has 0 saturated carbocycles. The van der Waals surface area contributed by atoms with Crippen molar-refractivity contribution in [2.24, 2.45) is 5.10 Å². The SMILES string of the molecule is O=C(Cc1cc(=O)[nH]c(=S)[nH]1)NN=C1c2ccccc2-c2ccccc21. The Kier molecular flexibility index (Phi) is 4.06. The van der Waals surface area contributed by atoms with Crippen LogP contribution in [0.5, 0.6) is 0 Å².